The molecule has 15 heavy (non-hydrogen) atoms. The number of aliphatic hydroxyl groups is 1. The molecule has 0 aromatic heterocycles. The fourth-order valence-electron chi connectivity index (χ4n) is 2.40. The second-order valence-corrected chi connectivity index (χ2v) is 4.21. The highest BCUT2D eigenvalue weighted by Crippen LogP contribution is 2.37. The van der Waals surface area contributed by atoms with Crippen LogP contribution in [0, 0.1) is 0 Å². The predicted octanol–water partition coefficient (Wildman–Crippen LogP) is 1.52. The molecule has 1 heterocycles. The summed E-state index contributed by atoms with van der Waals surface area (Å²) in [6.07, 6.45) is 2.67. The van der Waals surface area contributed by atoms with Gasteiger partial charge in [0.2, 0.25) is 0 Å². The van der Waals surface area contributed by atoms with Gasteiger partial charge in [0.15, 0.2) is 0 Å². The normalized spacial score (nSPS) is 23.3. The summed E-state index contributed by atoms with van der Waals surface area (Å²) >= 11 is 0. The van der Waals surface area contributed by atoms with Crippen LogP contribution >= 0.6 is 0 Å². The number of hydrogen-bond donors (Lipinski definition) is 1. The third-order valence-corrected chi connectivity index (χ3v) is 3.17. The topological polar surface area (TPSA) is 46.5 Å². The quantitative estimate of drug-likeness (QED) is 0.514. The Kier molecular flexibility index (Phi) is 1.83. The van der Waals surface area contributed by atoms with Gasteiger partial charge in [-0.1, -0.05) is 0 Å². The summed E-state index contributed by atoms with van der Waals surface area (Å²) < 4.78 is 5.13. The Morgan fingerprint density at radius 3 is 2.80 bits per heavy atom. The van der Waals surface area contributed by atoms with Crippen molar-refractivity contribution in [2.24, 2.45) is 0 Å². The first-order valence-corrected chi connectivity index (χ1v) is 5.28. The van der Waals surface area contributed by atoms with E-state index in [1.807, 2.05) is 12.1 Å². The van der Waals surface area contributed by atoms with Crippen molar-refractivity contribution in [1.82, 2.24) is 0 Å². The van der Waals surface area contributed by atoms with Crippen LogP contribution in [0.15, 0.2) is 12.1 Å². The van der Waals surface area contributed by atoms with Crippen LogP contribution in [0.25, 0.3) is 0 Å². The lowest BCUT2D eigenvalue weighted by molar-refractivity contribution is -0.138. The summed E-state index contributed by atoms with van der Waals surface area (Å²) in [5.74, 6) is 0.215. The van der Waals surface area contributed by atoms with E-state index in [-0.39, 0.29) is 12.4 Å². The Hall–Kier alpha value is -1.35. The zero-order valence-electron chi connectivity index (χ0n) is 8.32. The molecule has 1 aliphatic heterocycles. The van der Waals surface area contributed by atoms with Crippen molar-refractivity contribution in [2.45, 2.75) is 31.8 Å². The molecule has 0 spiro atoms. The molecule has 2 aliphatic rings. The molecule has 1 unspecified atom stereocenters. The first kappa shape index (κ1) is 8.92. The number of ether oxygens (including phenoxy) is 1. The van der Waals surface area contributed by atoms with Gasteiger partial charge >= 0.3 is 5.97 Å². The van der Waals surface area contributed by atoms with Crippen molar-refractivity contribution in [3.63, 3.8) is 0 Å². The standard InChI is InChI=1S/C12H12O3/c13-10-6-12(14)15-11-5-8-3-1-2-7(8)4-9(10)11/h4-5,10,13H,1-3,6H2. The Bertz CT molecular complexity index is 437. The van der Waals surface area contributed by atoms with E-state index in [1.54, 1.807) is 0 Å². The van der Waals surface area contributed by atoms with Crippen LogP contribution in [0.2, 0.25) is 0 Å². The van der Waals surface area contributed by atoms with Gasteiger partial charge in [-0.15, -0.1) is 0 Å². The Balaban J connectivity index is 2.13. The van der Waals surface area contributed by atoms with E-state index in [0.29, 0.717) is 5.75 Å². The van der Waals surface area contributed by atoms with Crippen molar-refractivity contribution in [3.8, 4) is 5.75 Å². The van der Waals surface area contributed by atoms with Crippen LogP contribution in [0.1, 0.15) is 35.6 Å². The fourth-order valence-corrected chi connectivity index (χ4v) is 2.40. The summed E-state index contributed by atoms with van der Waals surface area (Å²) in [4.78, 5) is 11.2. The first-order chi connectivity index (χ1) is 7.24. The molecule has 1 aromatic carbocycles. The highest BCUT2D eigenvalue weighted by Gasteiger charge is 2.27. The number of fused-ring (bicyclic) bond motifs is 2. The molecule has 3 nitrogen and oxygen atoms in total. The smallest absolute Gasteiger partial charge is 0.314 e. The van der Waals surface area contributed by atoms with Gasteiger partial charge in [0.25, 0.3) is 0 Å². The second kappa shape index (κ2) is 3.07. The molecule has 3 rings (SSSR count). The average molecular weight is 204 g/mol. The van der Waals surface area contributed by atoms with Crippen molar-refractivity contribution in [2.75, 3.05) is 0 Å². The average Bonchev–Trinajstić information content (AvgIpc) is 2.61. The second-order valence-electron chi connectivity index (χ2n) is 4.21. The lowest BCUT2D eigenvalue weighted by Gasteiger charge is -2.21. The van der Waals surface area contributed by atoms with Crippen molar-refractivity contribution < 1.29 is 14.6 Å². The zero-order chi connectivity index (χ0) is 10.4. The number of rotatable bonds is 0. The fraction of sp³-hybridized carbons (Fsp3) is 0.417. The number of aryl methyl sites for hydroxylation is 2. The lowest BCUT2D eigenvalue weighted by atomic mass is 9.98. The summed E-state index contributed by atoms with van der Waals surface area (Å²) in [5.41, 5.74) is 3.33. The maximum Gasteiger partial charge on any atom is 0.314 e. The number of hydrogen-bond acceptors (Lipinski definition) is 3. The van der Waals surface area contributed by atoms with E-state index < -0.39 is 6.10 Å². The molecule has 1 aromatic rings. The number of esters is 1. The SMILES string of the molecule is O=C1CC(O)c2cc3c(cc2O1)CCC3. The van der Waals surface area contributed by atoms with Crippen molar-refractivity contribution >= 4 is 5.97 Å². The third kappa shape index (κ3) is 1.35. The van der Waals surface area contributed by atoms with Gasteiger partial charge in [-0.2, -0.15) is 0 Å². The van der Waals surface area contributed by atoms with Gasteiger partial charge in [0.05, 0.1) is 12.5 Å². The van der Waals surface area contributed by atoms with Crippen LogP contribution in [-0.4, -0.2) is 11.1 Å². The zero-order valence-corrected chi connectivity index (χ0v) is 8.32. The maximum absolute atomic E-state index is 11.2. The largest absolute Gasteiger partial charge is 0.426 e. The van der Waals surface area contributed by atoms with Gasteiger partial charge < -0.3 is 9.84 Å². The molecule has 0 bridgehead atoms. The number of carbonyl (C=O) groups excluding carboxylic acids is 1. The van der Waals surface area contributed by atoms with E-state index in [0.717, 1.165) is 24.8 Å². The van der Waals surface area contributed by atoms with Gasteiger partial charge in [-0.3, -0.25) is 4.79 Å². The minimum absolute atomic E-state index is 0.0752. The molecule has 0 saturated heterocycles. The van der Waals surface area contributed by atoms with Crippen LogP contribution in [-0.2, 0) is 17.6 Å². The molecule has 0 saturated carbocycles. The summed E-state index contributed by atoms with van der Waals surface area (Å²) in [5, 5.41) is 9.76. The number of benzene rings is 1. The highest BCUT2D eigenvalue weighted by molar-refractivity contribution is 5.76. The van der Waals surface area contributed by atoms with Crippen molar-refractivity contribution in [3.05, 3.63) is 28.8 Å². The summed E-state index contributed by atoms with van der Waals surface area (Å²) in [6, 6.07) is 3.91. The first-order valence-electron chi connectivity index (χ1n) is 5.28. The number of carbonyl (C=O) groups is 1. The highest BCUT2D eigenvalue weighted by atomic mass is 16.5. The molecule has 78 valence electrons. The lowest BCUT2D eigenvalue weighted by Crippen LogP contribution is -2.20. The molecule has 0 fully saturated rings. The Morgan fingerprint density at radius 1 is 1.27 bits per heavy atom. The Morgan fingerprint density at radius 2 is 2.00 bits per heavy atom. The number of aliphatic hydroxyl groups excluding tert-OH is 1. The van der Waals surface area contributed by atoms with E-state index in [9.17, 15) is 9.90 Å². The molecule has 1 aliphatic carbocycles. The summed E-state index contributed by atoms with van der Waals surface area (Å²) in [7, 11) is 0. The van der Waals surface area contributed by atoms with Gasteiger partial charge in [-0.25, -0.2) is 0 Å². The van der Waals surface area contributed by atoms with Crippen LogP contribution < -0.4 is 4.74 Å². The molecular formula is C12H12O3. The third-order valence-electron chi connectivity index (χ3n) is 3.17. The predicted molar refractivity (Wildman–Crippen MR) is 53.7 cm³/mol. The van der Waals surface area contributed by atoms with Gasteiger partial charge in [0, 0.05) is 5.56 Å². The van der Waals surface area contributed by atoms with Crippen molar-refractivity contribution in [1.29, 1.82) is 0 Å². The monoisotopic (exact) mass is 204 g/mol. The van der Waals surface area contributed by atoms with Crippen LogP contribution in [0.5, 0.6) is 5.75 Å². The van der Waals surface area contributed by atoms with E-state index in [1.165, 1.54) is 11.1 Å². The summed E-state index contributed by atoms with van der Waals surface area (Å²) in [6.45, 7) is 0. The molecule has 3 heteroatoms. The van der Waals surface area contributed by atoms with Crippen LogP contribution in [0.3, 0.4) is 0 Å². The molecule has 1 N–H and O–H groups in total. The van der Waals surface area contributed by atoms with E-state index in [4.69, 9.17) is 4.74 Å². The maximum atomic E-state index is 11.2. The molecular weight excluding hydrogens is 192 g/mol. The van der Waals surface area contributed by atoms with Gasteiger partial charge in [0.1, 0.15) is 5.75 Å². The Labute approximate surface area is 87.7 Å². The van der Waals surface area contributed by atoms with E-state index in [2.05, 4.69) is 0 Å². The van der Waals surface area contributed by atoms with E-state index >= 15 is 0 Å². The molecule has 0 amide bonds. The minimum atomic E-state index is -0.688. The van der Waals surface area contributed by atoms with Gasteiger partial charge in [-0.05, 0) is 42.5 Å². The van der Waals surface area contributed by atoms with Crippen LogP contribution in [0.4, 0.5) is 0 Å². The minimum Gasteiger partial charge on any atom is -0.426 e. The molecule has 1 atom stereocenters. The molecule has 0 radical (unpaired) electrons.